The van der Waals surface area contributed by atoms with Gasteiger partial charge in [0.2, 0.25) is 5.91 Å². The molecule has 0 spiro atoms. The van der Waals surface area contributed by atoms with Crippen LogP contribution in [0, 0.1) is 5.92 Å². The molecular weight excluding hydrogens is 414 g/mol. The van der Waals surface area contributed by atoms with Gasteiger partial charge in [0.1, 0.15) is 17.8 Å². The summed E-state index contributed by atoms with van der Waals surface area (Å²) in [6, 6.07) is 5.58. The molecule has 0 aliphatic carbocycles. The average Bonchev–Trinajstić information content (AvgIpc) is 2.71. The number of halogens is 6. The van der Waals surface area contributed by atoms with Gasteiger partial charge in [-0.2, -0.15) is 26.3 Å². The van der Waals surface area contributed by atoms with Crippen LogP contribution in [0.25, 0.3) is 0 Å². The number of nitrogens with one attached hydrogen (secondary N) is 1. The third-order valence-electron chi connectivity index (χ3n) is 4.85. The Balaban J connectivity index is 1.54. The quantitative estimate of drug-likeness (QED) is 0.741. The van der Waals surface area contributed by atoms with Crippen LogP contribution in [0.1, 0.15) is 29.7 Å². The fourth-order valence-electron chi connectivity index (χ4n) is 3.24. The van der Waals surface area contributed by atoms with Gasteiger partial charge in [0, 0.05) is 31.6 Å². The number of carbonyl (C=O) groups is 1. The van der Waals surface area contributed by atoms with Gasteiger partial charge in [0.05, 0.1) is 5.56 Å². The molecule has 1 aliphatic rings. The van der Waals surface area contributed by atoms with E-state index >= 15 is 0 Å². The molecule has 1 N–H and O–H groups in total. The predicted octanol–water partition coefficient (Wildman–Crippen LogP) is 4.05. The van der Waals surface area contributed by atoms with Crippen LogP contribution in [0.3, 0.4) is 0 Å². The molecule has 11 heteroatoms. The number of carbonyl (C=O) groups excluding carboxylic acids is 1. The summed E-state index contributed by atoms with van der Waals surface area (Å²) in [5.41, 5.74) is -1.49. The van der Waals surface area contributed by atoms with E-state index in [1.165, 1.54) is 12.1 Å². The summed E-state index contributed by atoms with van der Waals surface area (Å²) in [5.74, 6) is -0.540. The van der Waals surface area contributed by atoms with Gasteiger partial charge in [-0.25, -0.2) is 9.97 Å². The highest BCUT2D eigenvalue weighted by Crippen LogP contribution is 2.31. The summed E-state index contributed by atoms with van der Waals surface area (Å²) in [5, 5.41) is 2.63. The summed E-state index contributed by atoms with van der Waals surface area (Å²) in [7, 11) is 0. The maximum atomic E-state index is 12.8. The lowest BCUT2D eigenvalue weighted by molar-refractivity contribution is -0.141. The van der Waals surface area contributed by atoms with E-state index in [-0.39, 0.29) is 24.2 Å². The zero-order valence-electron chi connectivity index (χ0n) is 15.6. The molecule has 1 amide bonds. The first-order valence-electron chi connectivity index (χ1n) is 9.12. The lowest BCUT2D eigenvalue weighted by Gasteiger charge is -2.32. The minimum absolute atomic E-state index is 0.0379. The second-order valence-corrected chi connectivity index (χ2v) is 6.94. The molecule has 0 unspecified atom stereocenters. The molecule has 2 heterocycles. The Morgan fingerprint density at radius 3 is 2.37 bits per heavy atom. The third kappa shape index (κ3) is 5.39. The fourth-order valence-corrected chi connectivity index (χ4v) is 3.24. The summed E-state index contributed by atoms with van der Waals surface area (Å²) in [6.07, 6.45) is -7.40. The van der Waals surface area contributed by atoms with Crippen LogP contribution < -0.4 is 10.2 Å². The molecular formula is C19H18F6N4O. The molecule has 162 valence electrons. The van der Waals surface area contributed by atoms with Crippen LogP contribution in [0.15, 0.2) is 36.7 Å². The van der Waals surface area contributed by atoms with Crippen LogP contribution >= 0.6 is 0 Å². The Hall–Kier alpha value is -2.85. The monoisotopic (exact) mass is 432 g/mol. The summed E-state index contributed by atoms with van der Waals surface area (Å²) in [6.45, 7) is 0.621. The first-order valence-corrected chi connectivity index (χ1v) is 9.12. The lowest BCUT2D eigenvalue weighted by Crippen LogP contribution is -2.40. The van der Waals surface area contributed by atoms with Gasteiger partial charge in [-0.3, -0.25) is 4.79 Å². The number of anilines is 1. The molecule has 1 aliphatic heterocycles. The van der Waals surface area contributed by atoms with E-state index in [0.717, 1.165) is 24.5 Å². The minimum atomic E-state index is -4.57. The maximum Gasteiger partial charge on any atom is 0.433 e. The summed E-state index contributed by atoms with van der Waals surface area (Å²) < 4.78 is 76.7. The van der Waals surface area contributed by atoms with E-state index in [1.807, 2.05) is 0 Å². The van der Waals surface area contributed by atoms with Crippen molar-refractivity contribution in [3.05, 3.63) is 53.5 Å². The second-order valence-electron chi connectivity index (χ2n) is 6.94. The van der Waals surface area contributed by atoms with Crippen molar-refractivity contribution in [2.45, 2.75) is 31.7 Å². The summed E-state index contributed by atoms with van der Waals surface area (Å²) >= 11 is 0. The average molecular weight is 432 g/mol. The Bertz CT molecular complexity index is 891. The molecule has 2 aromatic rings. The van der Waals surface area contributed by atoms with Crippen LogP contribution in [0.4, 0.5) is 32.2 Å². The van der Waals surface area contributed by atoms with Gasteiger partial charge in [-0.15, -0.1) is 0 Å². The second kappa shape index (κ2) is 8.49. The normalized spacial score (nSPS) is 15.9. The van der Waals surface area contributed by atoms with Crippen molar-refractivity contribution in [1.82, 2.24) is 15.3 Å². The number of alkyl halides is 6. The fraction of sp³-hybridized carbons (Fsp3) is 0.421. The summed E-state index contributed by atoms with van der Waals surface area (Å²) in [4.78, 5) is 21.1. The first-order chi connectivity index (χ1) is 14.0. The molecule has 0 radical (unpaired) electrons. The molecule has 1 aromatic carbocycles. The predicted molar refractivity (Wildman–Crippen MR) is 95.3 cm³/mol. The van der Waals surface area contributed by atoms with Gasteiger partial charge in [-0.05, 0) is 30.5 Å². The molecule has 3 rings (SSSR count). The zero-order chi connectivity index (χ0) is 21.9. The molecule has 30 heavy (non-hydrogen) atoms. The van der Waals surface area contributed by atoms with E-state index in [0.29, 0.717) is 31.5 Å². The van der Waals surface area contributed by atoms with Crippen molar-refractivity contribution < 1.29 is 31.1 Å². The standard InChI is InChI=1S/C19H18F6N4O/c20-18(21,22)14-3-1-2-12(8-14)10-26-17(30)13-4-6-29(7-5-13)16-9-15(19(23,24)25)27-11-28-16/h1-3,8-9,11,13H,4-7,10H2,(H,26,30). The Morgan fingerprint density at radius 1 is 1.03 bits per heavy atom. The highest BCUT2D eigenvalue weighted by molar-refractivity contribution is 5.79. The Kier molecular flexibility index (Phi) is 6.18. The molecule has 1 saturated heterocycles. The first kappa shape index (κ1) is 21.8. The van der Waals surface area contributed by atoms with Crippen molar-refractivity contribution in [3.8, 4) is 0 Å². The number of hydrogen-bond acceptors (Lipinski definition) is 4. The third-order valence-corrected chi connectivity index (χ3v) is 4.85. The number of piperidine rings is 1. The van der Waals surface area contributed by atoms with E-state index in [1.54, 1.807) is 4.90 Å². The largest absolute Gasteiger partial charge is 0.433 e. The van der Waals surface area contributed by atoms with Crippen LogP contribution in [-0.4, -0.2) is 29.0 Å². The molecule has 0 saturated carbocycles. The van der Waals surface area contributed by atoms with E-state index in [4.69, 9.17) is 0 Å². The van der Waals surface area contributed by atoms with E-state index in [2.05, 4.69) is 15.3 Å². The van der Waals surface area contributed by atoms with Gasteiger partial charge in [0.15, 0.2) is 0 Å². The van der Waals surface area contributed by atoms with Crippen LogP contribution in [0.5, 0.6) is 0 Å². The van der Waals surface area contributed by atoms with Crippen molar-refractivity contribution in [3.63, 3.8) is 0 Å². The SMILES string of the molecule is O=C(NCc1cccc(C(F)(F)F)c1)C1CCN(c2cc(C(F)(F)F)ncn2)CC1. The van der Waals surface area contributed by atoms with Crippen LogP contribution in [-0.2, 0) is 23.7 Å². The molecule has 0 bridgehead atoms. The van der Waals surface area contributed by atoms with Gasteiger partial charge >= 0.3 is 12.4 Å². The minimum Gasteiger partial charge on any atom is -0.356 e. The number of amides is 1. The Morgan fingerprint density at radius 2 is 1.73 bits per heavy atom. The number of benzene rings is 1. The topological polar surface area (TPSA) is 58.1 Å². The number of hydrogen-bond donors (Lipinski definition) is 1. The molecule has 1 aromatic heterocycles. The van der Waals surface area contributed by atoms with Gasteiger partial charge in [0.25, 0.3) is 0 Å². The number of aromatic nitrogens is 2. The van der Waals surface area contributed by atoms with Gasteiger partial charge in [-0.1, -0.05) is 12.1 Å². The Labute approximate surface area is 168 Å². The lowest BCUT2D eigenvalue weighted by atomic mass is 9.95. The smallest absolute Gasteiger partial charge is 0.356 e. The number of rotatable bonds is 4. The van der Waals surface area contributed by atoms with Crippen LogP contribution in [0.2, 0.25) is 0 Å². The highest BCUT2D eigenvalue weighted by Gasteiger charge is 2.34. The van der Waals surface area contributed by atoms with Crippen molar-refractivity contribution in [2.75, 3.05) is 18.0 Å². The number of nitrogens with zero attached hydrogens (tertiary/aromatic N) is 3. The molecule has 5 nitrogen and oxygen atoms in total. The van der Waals surface area contributed by atoms with Gasteiger partial charge < -0.3 is 10.2 Å². The highest BCUT2D eigenvalue weighted by atomic mass is 19.4. The maximum absolute atomic E-state index is 12.8. The van der Waals surface area contributed by atoms with E-state index in [9.17, 15) is 31.1 Å². The van der Waals surface area contributed by atoms with Crippen molar-refractivity contribution in [1.29, 1.82) is 0 Å². The van der Waals surface area contributed by atoms with E-state index < -0.39 is 23.6 Å². The molecule has 1 fully saturated rings. The van der Waals surface area contributed by atoms with Crippen molar-refractivity contribution in [2.24, 2.45) is 5.92 Å². The van der Waals surface area contributed by atoms with Crippen molar-refractivity contribution >= 4 is 11.7 Å². The zero-order valence-corrected chi connectivity index (χ0v) is 15.6. The molecule has 0 atom stereocenters.